The van der Waals surface area contributed by atoms with Crippen molar-refractivity contribution in [1.82, 2.24) is 19.1 Å². The summed E-state index contributed by atoms with van der Waals surface area (Å²) in [6, 6.07) is 58.8. The normalized spacial score (nSPS) is 12.3. The molecule has 3 aromatic heterocycles. The molecule has 0 N–H and O–H groups in total. The lowest BCUT2D eigenvalue weighted by Gasteiger charge is -2.13. The number of aryl methyl sites for hydroxylation is 3. The van der Waals surface area contributed by atoms with Gasteiger partial charge in [0.15, 0.2) is 5.82 Å². The van der Waals surface area contributed by atoms with Gasteiger partial charge in [-0.1, -0.05) is 151 Å². The quantitative estimate of drug-likeness (QED) is 0.162. The molecule has 0 amide bonds. The van der Waals surface area contributed by atoms with Gasteiger partial charge in [-0.15, -0.1) is 0 Å². The fourth-order valence-electron chi connectivity index (χ4n) is 8.75. The first-order chi connectivity index (χ1) is 29.4. The molecule has 0 aliphatic heterocycles. The second kappa shape index (κ2) is 15.0. The molecule has 0 unspecified atom stereocenters. The van der Waals surface area contributed by atoms with E-state index in [4.69, 9.17) is 9.97 Å². The van der Waals surface area contributed by atoms with Crippen molar-refractivity contribution in [2.45, 2.75) is 27.7 Å². The molecule has 0 bridgehead atoms. The summed E-state index contributed by atoms with van der Waals surface area (Å²) in [4.78, 5) is 10.1. The number of hydrogen-bond acceptors (Lipinski definition) is 2. The first kappa shape index (κ1) is 36.8. The molecule has 4 heteroatoms. The Hall–Kier alpha value is -7.56. The van der Waals surface area contributed by atoms with Crippen LogP contribution in [-0.2, 0) is 0 Å². The van der Waals surface area contributed by atoms with Gasteiger partial charge < -0.3 is 9.13 Å². The first-order valence-electron chi connectivity index (χ1n) is 20.6. The van der Waals surface area contributed by atoms with Crippen molar-refractivity contribution in [3.63, 3.8) is 0 Å². The van der Waals surface area contributed by atoms with E-state index in [-0.39, 0.29) is 0 Å². The van der Waals surface area contributed by atoms with Crippen molar-refractivity contribution in [3.05, 3.63) is 204 Å². The third-order valence-corrected chi connectivity index (χ3v) is 11.8. The molecule has 0 saturated heterocycles. The van der Waals surface area contributed by atoms with E-state index in [1.165, 1.54) is 49.4 Å². The summed E-state index contributed by atoms with van der Waals surface area (Å²) in [7, 11) is 0. The molecule has 0 saturated carbocycles. The topological polar surface area (TPSA) is 35.6 Å². The van der Waals surface area contributed by atoms with Gasteiger partial charge in [-0.05, 0) is 92.9 Å². The Morgan fingerprint density at radius 1 is 0.483 bits per heavy atom. The van der Waals surface area contributed by atoms with Crippen LogP contribution >= 0.6 is 0 Å². The van der Waals surface area contributed by atoms with Gasteiger partial charge in [0.2, 0.25) is 0 Å². The molecular formula is C56H44N4. The molecule has 0 atom stereocenters. The molecule has 10 aromatic rings. The first-order valence-corrected chi connectivity index (χ1v) is 20.6. The molecule has 0 aliphatic carbocycles. The number of allylic oxidation sites excluding steroid dienone is 1. The summed E-state index contributed by atoms with van der Waals surface area (Å²) < 4.78 is 4.77. The summed E-state index contributed by atoms with van der Waals surface area (Å²) in [5.41, 5.74) is 16.7. The average molecular weight is 773 g/mol. The SMILES string of the molecule is C=C/C=c1\c(=C/C)n(-c2ccc(-c3ccc(-c4cc(-c5ccc(C)cc5)nc(-c5ccc(C)cc5)n4)cc3)c(C)c2)c2ccc(-n3c4ccccc4c4ccccc43)cc12. The number of fused-ring (bicyclic) bond motifs is 4. The molecule has 0 fully saturated rings. The van der Waals surface area contributed by atoms with Crippen LogP contribution in [-0.4, -0.2) is 19.1 Å². The monoisotopic (exact) mass is 772 g/mol. The van der Waals surface area contributed by atoms with E-state index in [0.717, 1.165) is 66.9 Å². The second-order valence-corrected chi connectivity index (χ2v) is 15.7. The highest BCUT2D eigenvalue weighted by atomic mass is 15.0. The zero-order chi connectivity index (χ0) is 40.9. The van der Waals surface area contributed by atoms with Gasteiger partial charge in [0.1, 0.15) is 0 Å². The number of rotatable bonds is 7. The highest BCUT2D eigenvalue weighted by Gasteiger charge is 2.16. The maximum absolute atomic E-state index is 5.09. The lowest BCUT2D eigenvalue weighted by atomic mass is 9.98. The predicted octanol–water partition coefficient (Wildman–Crippen LogP) is 12.9. The van der Waals surface area contributed by atoms with Gasteiger partial charge in [-0.3, -0.25) is 0 Å². The van der Waals surface area contributed by atoms with Gasteiger partial charge >= 0.3 is 0 Å². The molecule has 288 valence electrons. The van der Waals surface area contributed by atoms with Crippen LogP contribution in [0.25, 0.3) is 101 Å². The summed E-state index contributed by atoms with van der Waals surface area (Å²) in [5.74, 6) is 0.719. The van der Waals surface area contributed by atoms with Gasteiger partial charge in [-0.2, -0.15) is 0 Å². The van der Waals surface area contributed by atoms with E-state index < -0.39 is 0 Å². The number of hydrogen-bond donors (Lipinski definition) is 0. The Morgan fingerprint density at radius 2 is 1.00 bits per heavy atom. The highest BCUT2D eigenvalue weighted by Crippen LogP contribution is 2.34. The van der Waals surface area contributed by atoms with Gasteiger partial charge in [-0.25, -0.2) is 9.97 Å². The summed E-state index contributed by atoms with van der Waals surface area (Å²) in [6.07, 6.45) is 6.24. The van der Waals surface area contributed by atoms with Crippen LogP contribution in [0.5, 0.6) is 0 Å². The standard InChI is InChI=1S/C56H44N4/c1-6-12-46-49-34-44(60-53-15-10-8-13-47(53)48-14-9-11-16-54(48)60)30-32-55(49)59(52(46)7-2)43-29-31-45(38(5)33-43)39-25-27-41(28-26-39)51-35-50(40-21-17-36(3)18-22-40)57-56(58-51)42-23-19-37(4)20-24-42/h6-35H,1H2,2-5H3/b46-12-,52-7+. The van der Waals surface area contributed by atoms with Crippen molar-refractivity contribution < 1.29 is 0 Å². The summed E-state index contributed by atoms with van der Waals surface area (Å²) in [6.45, 7) is 12.6. The fourth-order valence-corrected chi connectivity index (χ4v) is 8.75. The molecule has 0 aliphatic rings. The van der Waals surface area contributed by atoms with Crippen LogP contribution in [0.3, 0.4) is 0 Å². The second-order valence-electron chi connectivity index (χ2n) is 15.7. The van der Waals surface area contributed by atoms with E-state index in [2.05, 4.69) is 219 Å². The minimum atomic E-state index is 0.719. The minimum absolute atomic E-state index is 0.719. The number of para-hydroxylation sites is 2. The van der Waals surface area contributed by atoms with Crippen molar-refractivity contribution >= 4 is 44.9 Å². The van der Waals surface area contributed by atoms with E-state index in [0.29, 0.717) is 0 Å². The number of benzene rings is 7. The van der Waals surface area contributed by atoms with Crippen LogP contribution < -0.4 is 10.6 Å². The maximum atomic E-state index is 5.09. The molecule has 0 spiro atoms. The van der Waals surface area contributed by atoms with Crippen LogP contribution in [0, 0.1) is 20.8 Å². The Balaban J connectivity index is 1.03. The molecule has 10 rings (SSSR count). The number of nitrogens with zero attached hydrogens (tertiary/aromatic N) is 4. The van der Waals surface area contributed by atoms with Crippen molar-refractivity contribution in [2.24, 2.45) is 0 Å². The fraction of sp³-hybridized carbons (Fsp3) is 0.0714. The van der Waals surface area contributed by atoms with Crippen molar-refractivity contribution in [1.29, 1.82) is 0 Å². The zero-order valence-corrected chi connectivity index (χ0v) is 34.3. The van der Waals surface area contributed by atoms with Gasteiger partial charge in [0.25, 0.3) is 0 Å². The van der Waals surface area contributed by atoms with E-state index in [9.17, 15) is 0 Å². The Labute approximate surface area is 350 Å². The maximum Gasteiger partial charge on any atom is 0.160 e. The molecule has 60 heavy (non-hydrogen) atoms. The van der Waals surface area contributed by atoms with Gasteiger partial charge in [0.05, 0.1) is 27.9 Å². The van der Waals surface area contributed by atoms with Crippen LogP contribution in [0.4, 0.5) is 0 Å². The smallest absolute Gasteiger partial charge is 0.160 e. The highest BCUT2D eigenvalue weighted by molar-refractivity contribution is 6.09. The van der Waals surface area contributed by atoms with E-state index in [1.807, 2.05) is 6.08 Å². The summed E-state index contributed by atoms with van der Waals surface area (Å²) in [5, 5.41) is 5.99. The third-order valence-electron chi connectivity index (χ3n) is 11.8. The largest absolute Gasteiger partial charge is 0.310 e. The molecule has 0 radical (unpaired) electrons. The van der Waals surface area contributed by atoms with Gasteiger partial charge in [0, 0.05) is 54.8 Å². The van der Waals surface area contributed by atoms with Crippen LogP contribution in [0.15, 0.2) is 176 Å². The van der Waals surface area contributed by atoms with Crippen molar-refractivity contribution in [2.75, 3.05) is 0 Å². The molecule has 3 heterocycles. The van der Waals surface area contributed by atoms with Crippen LogP contribution in [0.2, 0.25) is 0 Å². The van der Waals surface area contributed by atoms with Crippen LogP contribution in [0.1, 0.15) is 23.6 Å². The molecule has 7 aromatic carbocycles. The third kappa shape index (κ3) is 6.34. The lowest BCUT2D eigenvalue weighted by Crippen LogP contribution is -2.27. The minimum Gasteiger partial charge on any atom is -0.310 e. The van der Waals surface area contributed by atoms with E-state index in [1.54, 1.807) is 0 Å². The molecule has 4 nitrogen and oxygen atoms in total. The lowest BCUT2D eigenvalue weighted by molar-refractivity contribution is 1.06. The average Bonchev–Trinajstić information content (AvgIpc) is 3.79. The Bertz CT molecular complexity index is 3280. The molecular weight excluding hydrogens is 729 g/mol. The Morgan fingerprint density at radius 3 is 1.58 bits per heavy atom. The predicted molar refractivity (Wildman–Crippen MR) is 253 cm³/mol. The summed E-state index contributed by atoms with van der Waals surface area (Å²) >= 11 is 0. The zero-order valence-electron chi connectivity index (χ0n) is 34.3. The number of aromatic nitrogens is 4. The van der Waals surface area contributed by atoms with E-state index >= 15 is 0 Å². The van der Waals surface area contributed by atoms with Crippen molar-refractivity contribution in [3.8, 4) is 56.4 Å². The Kier molecular flexibility index (Phi) is 9.18.